The standard InChI is InChI=1S/C16H14N2O4/c1-21-12-4-5-13-10(8-12)7-11(15(19)18-13)9-17-16(20)14-3-2-6-22-14/h2-8H,9H2,1H3,(H,17,20)(H,18,19). The minimum Gasteiger partial charge on any atom is -0.497 e. The van der Waals surface area contributed by atoms with Gasteiger partial charge < -0.3 is 19.5 Å². The highest BCUT2D eigenvalue weighted by molar-refractivity contribution is 5.91. The number of carbonyl (C=O) groups is 1. The van der Waals surface area contributed by atoms with E-state index in [9.17, 15) is 9.59 Å². The molecule has 112 valence electrons. The summed E-state index contributed by atoms with van der Waals surface area (Å²) in [5.74, 6) is 0.541. The molecule has 2 aromatic heterocycles. The number of H-pyrrole nitrogens is 1. The average Bonchev–Trinajstić information content (AvgIpc) is 3.06. The molecule has 2 heterocycles. The summed E-state index contributed by atoms with van der Waals surface area (Å²) in [5, 5.41) is 3.49. The number of hydrogen-bond donors (Lipinski definition) is 2. The van der Waals surface area contributed by atoms with Crippen LogP contribution in [-0.4, -0.2) is 18.0 Å². The van der Waals surface area contributed by atoms with E-state index in [-0.39, 0.29) is 23.8 Å². The van der Waals surface area contributed by atoms with Crippen LogP contribution in [-0.2, 0) is 6.54 Å². The molecule has 0 atom stereocenters. The van der Waals surface area contributed by atoms with Crippen LogP contribution in [0.1, 0.15) is 16.1 Å². The van der Waals surface area contributed by atoms with Crippen molar-refractivity contribution in [2.75, 3.05) is 7.11 Å². The van der Waals surface area contributed by atoms with Crippen molar-refractivity contribution in [1.82, 2.24) is 10.3 Å². The molecular weight excluding hydrogens is 284 g/mol. The second kappa shape index (κ2) is 5.77. The maximum atomic E-state index is 12.0. The van der Waals surface area contributed by atoms with Crippen molar-refractivity contribution < 1.29 is 13.9 Å². The normalized spacial score (nSPS) is 10.6. The molecule has 0 spiro atoms. The molecule has 6 heteroatoms. The van der Waals surface area contributed by atoms with E-state index in [0.717, 1.165) is 5.39 Å². The number of rotatable bonds is 4. The van der Waals surface area contributed by atoms with Crippen molar-refractivity contribution in [3.63, 3.8) is 0 Å². The Kier molecular flexibility index (Phi) is 3.65. The Hall–Kier alpha value is -3.02. The van der Waals surface area contributed by atoms with Gasteiger partial charge in [-0.05, 0) is 36.4 Å². The second-order valence-electron chi connectivity index (χ2n) is 4.74. The number of nitrogens with one attached hydrogen (secondary N) is 2. The fraction of sp³-hybridized carbons (Fsp3) is 0.125. The van der Waals surface area contributed by atoms with E-state index in [1.807, 2.05) is 6.07 Å². The van der Waals surface area contributed by atoms with Crippen molar-refractivity contribution in [3.05, 3.63) is 64.3 Å². The molecule has 0 aliphatic carbocycles. The van der Waals surface area contributed by atoms with Crippen LogP contribution in [0, 0.1) is 0 Å². The summed E-state index contributed by atoms with van der Waals surface area (Å²) in [6, 6.07) is 10.3. The number of hydrogen-bond acceptors (Lipinski definition) is 4. The number of fused-ring (bicyclic) bond motifs is 1. The molecule has 0 aliphatic heterocycles. The lowest BCUT2D eigenvalue weighted by Gasteiger charge is -2.06. The Balaban J connectivity index is 1.85. The Bertz CT molecular complexity index is 865. The number of aromatic nitrogens is 1. The molecule has 3 rings (SSSR count). The van der Waals surface area contributed by atoms with E-state index in [1.54, 1.807) is 37.4 Å². The van der Waals surface area contributed by atoms with Crippen LogP contribution in [0.5, 0.6) is 5.75 Å². The molecule has 1 amide bonds. The monoisotopic (exact) mass is 298 g/mol. The fourth-order valence-electron chi connectivity index (χ4n) is 2.16. The van der Waals surface area contributed by atoms with Gasteiger partial charge in [0.15, 0.2) is 5.76 Å². The summed E-state index contributed by atoms with van der Waals surface area (Å²) < 4.78 is 10.2. The molecule has 0 saturated carbocycles. The summed E-state index contributed by atoms with van der Waals surface area (Å²) in [6.07, 6.45) is 1.42. The lowest BCUT2D eigenvalue weighted by atomic mass is 10.1. The lowest BCUT2D eigenvalue weighted by molar-refractivity contribution is 0.0923. The minimum absolute atomic E-state index is 0.113. The highest BCUT2D eigenvalue weighted by Crippen LogP contribution is 2.18. The van der Waals surface area contributed by atoms with E-state index < -0.39 is 0 Å². The van der Waals surface area contributed by atoms with Gasteiger partial charge in [-0.25, -0.2) is 0 Å². The molecule has 0 fully saturated rings. The maximum absolute atomic E-state index is 12.0. The number of aromatic amines is 1. The van der Waals surface area contributed by atoms with Crippen molar-refractivity contribution in [2.24, 2.45) is 0 Å². The molecule has 2 N–H and O–H groups in total. The first-order chi connectivity index (χ1) is 10.7. The van der Waals surface area contributed by atoms with E-state index in [4.69, 9.17) is 9.15 Å². The number of ether oxygens (including phenoxy) is 1. The van der Waals surface area contributed by atoms with E-state index >= 15 is 0 Å². The number of carbonyl (C=O) groups excluding carboxylic acids is 1. The lowest BCUT2D eigenvalue weighted by Crippen LogP contribution is -2.26. The number of amides is 1. The van der Waals surface area contributed by atoms with Crippen molar-refractivity contribution in [1.29, 1.82) is 0 Å². The SMILES string of the molecule is COc1ccc2[nH]c(=O)c(CNC(=O)c3ccco3)cc2c1. The van der Waals surface area contributed by atoms with Gasteiger partial charge in [-0.3, -0.25) is 9.59 Å². The molecular formula is C16H14N2O4. The zero-order valence-electron chi connectivity index (χ0n) is 11.9. The first-order valence-electron chi connectivity index (χ1n) is 6.69. The fourth-order valence-corrected chi connectivity index (χ4v) is 2.16. The summed E-state index contributed by atoms with van der Waals surface area (Å²) >= 11 is 0. The van der Waals surface area contributed by atoms with Gasteiger partial charge in [0.25, 0.3) is 11.5 Å². The first-order valence-corrected chi connectivity index (χ1v) is 6.69. The van der Waals surface area contributed by atoms with Crippen LogP contribution in [0.15, 0.2) is 51.9 Å². The van der Waals surface area contributed by atoms with E-state index in [1.165, 1.54) is 6.26 Å². The average molecular weight is 298 g/mol. The van der Waals surface area contributed by atoms with E-state index in [2.05, 4.69) is 10.3 Å². The van der Waals surface area contributed by atoms with Gasteiger partial charge in [-0.1, -0.05) is 0 Å². The molecule has 3 aromatic rings. The molecule has 6 nitrogen and oxygen atoms in total. The van der Waals surface area contributed by atoms with Gasteiger partial charge in [-0.15, -0.1) is 0 Å². The van der Waals surface area contributed by atoms with E-state index in [0.29, 0.717) is 16.8 Å². The Morgan fingerprint density at radius 1 is 1.32 bits per heavy atom. The first kappa shape index (κ1) is 13.9. The van der Waals surface area contributed by atoms with Crippen LogP contribution in [0.3, 0.4) is 0 Å². The summed E-state index contributed by atoms with van der Waals surface area (Å²) in [4.78, 5) is 26.6. The maximum Gasteiger partial charge on any atom is 0.287 e. The molecule has 22 heavy (non-hydrogen) atoms. The van der Waals surface area contributed by atoms with Crippen molar-refractivity contribution >= 4 is 16.8 Å². The number of benzene rings is 1. The highest BCUT2D eigenvalue weighted by atomic mass is 16.5. The molecule has 0 aliphatic rings. The molecule has 0 saturated heterocycles. The molecule has 0 bridgehead atoms. The smallest absolute Gasteiger partial charge is 0.287 e. The number of methoxy groups -OCH3 is 1. The second-order valence-corrected chi connectivity index (χ2v) is 4.74. The van der Waals surface area contributed by atoms with Crippen LogP contribution in [0.25, 0.3) is 10.9 Å². The van der Waals surface area contributed by atoms with Crippen LogP contribution >= 0.6 is 0 Å². The zero-order valence-corrected chi connectivity index (χ0v) is 11.9. The summed E-state index contributed by atoms with van der Waals surface area (Å²) in [5.41, 5.74) is 0.935. The van der Waals surface area contributed by atoms with Crippen LogP contribution < -0.4 is 15.6 Å². The van der Waals surface area contributed by atoms with Gasteiger partial charge in [0.2, 0.25) is 0 Å². The van der Waals surface area contributed by atoms with Gasteiger partial charge in [0.1, 0.15) is 5.75 Å². The zero-order chi connectivity index (χ0) is 15.5. The van der Waals surface area contributed by atoms with Gasteiger partial charge in [0, 0.05) is 23.0 Å². The third-order valence-corrected chi connectivity index (χ3v) is 3.31. The van der Waals surface area contributed by atoms with Crippen molar-refractivity contribution in [3.8, 4) is 5.75 Å². The third kappa shape index (κ3) is 2.71. The molecule has 0 radical (unpaired) electrons. The minimum atomic E-state index is -0.366. The van der Waals surface area contributed by atoms with Crippen LogP contribution in [0.2, 0.25) is 0 Å². The van der Waals surface area contributed by atoms with Gasteiger partial charge >= 0.3 is 0 Å². The van der Waals surface area contributed by atoms with Crippen LogP contribution in [0.4, 0.5) is 0 Å². The van der Waals surface area contributed by atoms with Gasteiger partial charge in [0.05, 0.1) is 13.4 Å². The highest BCUT2D eigenvalue weighted by Gasteiger charge is 2.10. The van der Waals surface area contributed by atoms with Crippen molar-refractivity contribution in [2.45, 2.75) is 6.54 Å². The summed E-state index contributed by atoms with van der Waals surface area (Å²) in [7, 11) is 1.58. The number of furan rings is 1. The third-order valence-electron chi connectivity index (χ3n) is 3.31. The number of pyridine rings is 1. The topological polar surface area (TPSA) is 84.3 Å². The largest absolute Gasteiger partial charge is 0.497 e. The van der Waals surface area contributed by atoms with Gasteiger partial charge in [-0.2, -0.15) is 0 Å². The quantitative estimate of drug-likeness (QED) is 0.772. The molecule has 0 unspecified atom stereocenters. The Morgan fingerprint density at radius 3 is 2.91 bits per heavy atom. The Labute approximate surface area is 125 Å². The predicted molar refractivity (Wildman–Crippen MR) is 81.0 cm³/mol. The summed E-state index contributed by atoms with van der Waals surface area (Å²) in [6.45, 7) is 0.113. The predicted octanol–water partition coefficient (Wildman–Crippen LogP) is 2.06. The Morgan fingerprint density at radius 2 is 2.18 bits per heavy atom. The molecule has 1 aromatic carbocycles.